The van der Waals surface area contributed by atoms with Crippen LogP contribution >= 0.6 is 0 Å². The van der Waals surface area contributed by atoms with Crippen LogP contribution in [0.3, 0.4) is 0 Å². The van der Waals surface area contributed by atoms with Crippen LogP contribution in [0.2, 0.25) is 0 Å². The summed E-state index contributed by atoms with van der Waals surface area (Å²) in [4.78, 5) is 13.1. The number of carbonyl (C=O) groups excluding carboxylic acids is 1. The van der Waals surface area contributed by atoms with Crippen LogP contribution in [-0.4, -0.2) is 23.2 Å². The van der Waals surface area contributed by atoms with Crippen molar-refractivity contribution in [3.63, 3.8) is 0 Å². The van der Waals surface area contributed by atoms with Crippen LogP contribution in [0.25, 0.3) is 0 Å². The molecule has 1 fully saturated rings. The molecule has 0 aliphatic heterocycles. The molecule has 3 heteroatoms. The summed E-state index contributed by atoms with van der Waals surface area (Å²) < 4.78 is 0. The van der Waals surface area contributed by atoms with Gasteiger partial charge in [-0.05, 0) is 37.3 Å². The van der Waals surface area contributed by atoms with Gasteiger partial charge in [-0.3, -0.25) is 4.79 Å². The summed E-state index contributed by atoms with van der Waals surface area (Å²) >= 11 is 0. The van der Waals surface area contributed by atoms with Gasteiger partial charge >= 0.3 is 0 Å². The minimum Gasteiger partial charge on any atom is -0.388 e. The fraction of sp³-hybridized carbons (Fsp3) is 0.409. The van der Waals surface area contributed by atoms with Crippen LogP contribution in [0.1, 0.15) is 43.7 Å². The highest BCUT2D eigenvalue weighted by atomic mass is 16.3. The van der Waals surface area contributed by atoms with E-state index in [4.69, 9.17) is 0 Å². The third kappa shape index (κ3) is 4.10. The van der Waals surface area contributed by atoms with Crippen molar-refractivity contribution in [2.24, 2.45) is 0 Å². The summed E-state index contributed by atoms with van der Waals surface area (Å²) in [6, 6.07) is 20.0. The number of aliphatic hydroxyl groups is 1. The van der Waals surface area contributed by atoms with E-state index in [-0.39, 0.29) is 5.91 Å². The minimum absolute atomic E-state index is 0.0251. The molecule has 132 valence electrons. The van der Waals surface area contributed by atoms with Crippen LogP contribution in [0.5, 0.6) is 0 Å². The second-order valence-electron chi connectivity index (χ2n) is 7.47. The Morgan fingerprint density at radius 1 is 1.04 bits per heavy atom. The van der Waals surface area contributed by atoms with Crippen LogP contribution in [0, 0.1) is 0 Å². The van der Waals surface area contributed by atoms with Crippen LogP contribution < -0.4 is 5.32 Å². The van der Waals surface area contributed by atoms with Gasteiger partial charge in [0.2, 0.25) is 5.91 Å². The molecule has 2 aromatic carbocycles. The topological polar surface area (TPSA) is 49.3 Å². The molecule has 3 rings (SSSR count). The van der Waals surface area contributed by atoms with E-state index in [1.807, 2.05) is 55.5 Å². The Balaban J connectivity index is 1.81. The lowest BCUT2D eigenvalue weighted by molar-refractivity contribution is -0.127. The molecule has 1 aliphatic rings. The molecule has 0 spiro atoms. The number of hydrogen-bond donors (Lipinski definition) is 2. The molecule has 2 N–H and O–H groups in total. The third-order valence-electron chi connectivity index (χ3n) is 5.42. The highest BCUT2D eigenvalue weighted by Gasteiger charge is 2.38. The second kappa shape index (κ2) is 7.40. The summed E-state index contributed by atoms with van der Waals surface area (Å²) in [6.07, 6.45) is 4.24. The molecule has 1 atom stereocenters. The van der Waals surface area contributed by atoms with Gasteiger partial charge in [0.1, 0.15) is 0 Å². The van der Waals surface area contributed by atoms with Gasteiger partial charge in [0.25, 0.3) is 0 Å². The number of amides is 1. The molecule has 0 bridgehead atoms. The standard InChI is InChI=1S/C22H27NO2/c1-21(19-12-6-3-7-13-19,16-18-10-4-2-5-11-18)20(24)23-17-22(25)14-8-9-15-22/h2-7,10-13,25H,8-9,14-17H2,1H3,(H,23,24). The predicted molar refractivity (Wildman–Crippen MR) is 100 cm³/mol. The van der Waals surface area contributed by atoms with E-state index in [0.29, 0.717) is 13.0 Å². The summed E-state index contributed by atoms with van der Waals surface area (Å²) in [5, 5.41) is 13.6. The number of hydrogen-bond acceptors (Lipinski definition) is 2. The lowest BCUT2D eigenvalue weighted by Crippen LogP contribution is -2.49. The van der Waals surface area contributed by atoms with Crippen molar-refractivity contribution in [2.45, 2.75) is 50.0 Å². The Kier molecular flexibility index (Phi) is 5.24. The van der Waals surface area contributed by atoms with Crippen molar-refractivity contribution in [3.05, 3.63) is 71.8 Å². The zero-order valence-electron chi connectivity index (χ0n) is 14.9. The average Bonchev–Trinajstić information content (AvgIpc) is 3.08. The number of rotatable bonds is 6. The molecular formula is C22H27NO2. The fourth-order valence-corrected chi connectivity index (χ4v) is 3.77. The normalized spacial score (nSPS) is 18.5. The van der Waals surface area contributed by atoms with Gasteiger partial charge in [-0.1, -0.05) is 73.5 Å². The lowest BCUT2D eigenvalue weighted by atomic mass is 9.76. The molecule has 1 unspecified atom stereocenters. The van der Waals surface area contributed by atoms with E-state index < -0.39 is 11.0 Å². The molecule has 0 heterocycles. The molecule has 2 aromatic rings. The van der Waals surface area contributed by atoms with Crippen molar-refractivity contribution in [2.75, 3.05) is 6.54 Å². The smallest absolute Gasteiger partial charge is 0.230 e. The van der Waals surface area contributed by atoms with Crippen molar-refractivity contribution < 1.29 is 9.90 Å². The largest absolute Gasteiger partial charge is 0.388 e. The van der Waals surface area contributed by atoms with Gasteiger partial charge in [0.15, 0.2) is 0 Å². The van der Waals surface area contributed by atoms with E-state index in [9.17, 15) is 9.90 Å². The Morgan fingerprint density at radius 3 is 2.20 bits per heavy atom. The summed E-state index contributed by atoms with van der Waals surface area (Å²) in [6.45, 7) is 2.33. The molecule has 0 radical (unpaired) electrons. The van der Waals surface area contributed by atoms with Crippen LogP contribution in [0.4, 0.5) is 0 Å². The highest BCUT2D eigenvalue weighted by molar-refractivity contribution is 5.88. The summed E-state index contributed by atoms with van der Waals surface area (Å²) in [5.41, 5.74) is 0.718. The highest BCUT2D eigenvalue weighted by Crippen LogP contribution is 2.31. The van der Waals surface area contributed by atoms with Gasteiger partial charge in [0, 0.05) is 6.54 Å². The number of benzene rings is 2. The zero-order chi connectivity index (χ0) is 17.8. The van der Waals surface area contributed by atoms with Crippen LogP contribution in [0.15, 0.2) is 60.7 Å². The van der Waals surface area contributed by atoms with Crippen LogP contribution in [-0.2, 0) is 16.6 Å². The zero-order valence-corrected chi connectivity index (χ0v) is 14.9. The van der Waals surface area contributed by atoms with Gasteiger partial charge in [-0.15, -0.1) is 0 Å². The molecular weight excluding hydrogens is 310 g/mol. The van der Waals surface area contributed by atoms with Crippen molar-refractivity contribution >= 4 is 5.91 Å². The molecule has 0 aromatic heterocycles. The molecule has 1 aliphatic carbocycles. The summed E-state index contributed by atoms with van der Waals surface area (Å²) in [5.74, 6) is -0.0251. The SMILES string of the molecule is CC(Cc1ccccc1)(C(=O)NCC1(O)CCCC1)c1ccccc1. The first-order valence-corrected chi connectivity index (χ1v) is 9.12. The average molecular weight is 337 g/mol. The van der Waals surface area contributed by atoms with Gasteiger partial charge in [-0.25, -0.2) is 0 Å². The van der Waals surface area contributed by atoms with E-state index in [1.54, 1.807) is 0 Å². The second-order valence-corrected chi connectivity index (χ2v) is 7.47. The van der Waals surface area contributed by atoms with Crippen molar-refractivity contribution in [1.82, 2.24) is 5.32 Å². The Labute approximate surface area is 150 Å². The number of carbonyl (C=O) groups is 1. The fourth-order valence-electron chi connectivity index (χ4n) is 3.77. The quantitative estimate of drug-likeness (QED) is 0.846. The Morgan fingerprint density at radius 2 is 1.60 bits per heavy atom. The minimum atomic E-state index is -0.736. The van der Waals surface area contributed by atoms with E-state index >= 15 is 0 Å². The molecule has 1 saturated carbocycles. The lowest BCUT2D eigenvalue weighted by Gasteiger charge is -2.31. The first-order valence-electron chi connectivity index (χ1n) is 9.12. The number of nitrogens with one attached hydrogen (secondary N) is 1. The Bertz CT molecular complexity index is 692. The van der Waals surface area contributed by atoms with Gasteiger partial charge in [-0.2, -0.15) is 0 Å². The summed E-state index contributed by atoms with van der Waals surface area (Å²) in [7, 11) is 0. The third-order valence-corrected chi connectivity index (χ3v) is 5.42. The van der Waals surface area contributed by atoms with Crippen molar-refractivity contribution in [3.8, 4) is 0 Å². The van der Waals surface area contributed by atoms with E-state index in [1.165, 1.54) is 0 Å². The maximum Gasteiger partial charge on any atom is 0.230 e. The maximum absolute atomic E-state index is 13.1. The first-order chi connectivity index (χ1) is 12.0. The monoisotopic (exact) mass is 337 g/mol. The van der Waals surface area contributed by atoms with E-state index in [0.717, 1.165) is 36.8 Å². The molecule has 3 nitrogen and oxygen atoms in total. The molecule has 0 saturated heterocycles. The van der Waals surface area contributed by atoms with Crippen molar-refractivity contribution in [1.29, 1.82) is 0 Å². The maximum atomic E-state index is 13.1. The molecule has 1 amide bonds. The first kappa shape index (κ1) is 17.7. The predicted octanol–water partition coefficient (Wildman–Crippen LogP) is 3.61. The molecule has 25 heavy (non-hydrogen) atoms. The Hall–Kier alpha value is -2.13. The van der Waals surface area contributed by atoms with E-state index in [2.05, 4.69) is 17.4 Å². The van der Waals surface area contributed by atoms with Gasteiger partial charge in [0.05, 0.1) is 11.0 Å². The van der Waals surface area contributed by atoms with Gasteiger partial charge < -0.3 is 10.4 Å².